The summed E-state index contributed by atoms with van der Waals surface area (Å²) in [7, 11) is 3.27. The van der Waals surface area contributed by atoms with Gasteiger partial charge >= 0.3 is 5.97 Å². The summed E-state index contributed by atoms with van der Waals surface area (Å²) in [4.78, 5) is 17.4. The lowest BCUT2D eigenvalue weighted by molar-refractivity contribution is -0.140. The summed E-state index contributed by atoms with van der Waals surface area (Å²) in [6.45, 7) is 3.08. The molecule has 0 bridgehead atoms. The summed E-state index contributed by atoms with van der Waals surface area (Å²) >= 11 is 0. The molecule has 0 aliphatic heterocycles. The quantitative estimate of drug-likeness (QED) is 0.758. The first-order chi connectivity index (χ1) is 10.1. The largest absolute Gasteiger partial charge is 0.469 e. The van der Waals surface area contributed by atoms with Crippen molar-refractivity contribution >= 4 is 5.97 Å². The Morgan fingerprint density at radius 3 is 2.86 bits per heavy atom. The molecule has 0 radical (unpaired) electrons. The zero-order valence-electron chi connectivity index (χ0n) is 12.5. The van der Waals surface area contributed by atoms with E-state index >= 15 is 0 Å². The summed E-state index contributed by atoms with van der Waals surface area (Å²) in [5.74, 6) is 0.887. The Morgan fingerprint density at radius 1 is 1.38 bits per heavy atom. The number of rotatable bonds is 6. The van der Waals surface area contributed by atoms with Crippen molar-refractivity contribution in [2.45, 2.75) is 19.9 Å². The molecular weight excluding hydrogens is 270 g/mol. The van der Waals surface area contributed by atoms with Crippen molar-refractivity contribution in [3.8, 4) is 11.4 Å². The van der Waals surface area contributed by atoms with Crippen LogP contribution in [0.3, 0.4) is 0 Å². The van der Waals surface area contributed by atoms with Gasteiger partial charge in [0, 0.05) is 12.1 Å². The average Bonchev–Trinajstić information content (AvgIpc) is 2.93. The third-order valence-corrected chi connectivity index (χ3v) is 3.18. The second kappa shape index (κ2) is 6.99. The highest BCUT2D eigenvalue weighted by atomic mass is 16.5. The summed E-state index contributed by atoms with van der Waals surface area (Å²) < 4.78 is 9.87. The number of benzene rings is 1. The van der Waals surface area contributed by atoms with Gasteiger partial charge in [0.1, 0.15) is 0 Å². The van der Waals surface area contributed by atoms with E-state index in [1.807, 2.05) is 43.1 Å². The lowest BCUT2D eigenvalue weighted by Crippen LogP contribution is -2.22. The Labute approximate surface area is 123 Å². The maximum atomic E-state index is 11.1. The fourth-order valence-corrected chi connectivity index (χ4v) is 1.95. The molecule has 0 aliphatic carbocycles. The molecule has 1 heterocycles. The van der Waals surface area contributed by atoms with Gasteiger partial charge in [-0.05, 0) is 19.5 Å². The van der Waals surface area contributed by atoms with E-state index in [0.29, 0.717) is 31.2 Å². The number of hydrogen-bond donors (Lipinski definition) is 0. The van der Waals surface area contributed by atoms with Crippen LogP contribution < -0.4 is 0 Å². The van der Waals surface area contributed by atoms with E-state index in [1.54, 1.807) is 0 Å². The molecule has 21 heavy (non-hydrogen) atoms. The third-order valence-electron chi connectivity index (χ3n) is 3.18. The zero-order valence-corrected chi connectivity index (χ0v) is 12.5. The van der Waals surface area contributed by atoms with E-state index in [0.717, 1.165) is 11.1 Å². The van der Waals surface area contributed by atoms with Crippen molar-refractivity contribution < 1.29 is 14.1 Å². The molecule has 0 amide bonds. The third kappa shape index (κ3) is 4.13. The normalized spacial score (nSPS) is 10.9. The highest BCUT2D eigenvalue weighted by Gasteiger charge is 2.12. The van der Waals surface area contributed by atoms with Crippen LogP contribution in [-0.2, 0) is 16.1 Å². The minimum atomic E-state index is -0.229. The van der Waals surface area contributed by atoms with Gasteiger partial charge in [0.2, 0.25) is 11.7 Å². The van der Waals surface area contributed by atoms with Crippen molar-refractivity contribution in [2.24, 2.45) is 0 Å². The van der Waals surface area contributed by atoms with Crippen LogP contribution in [0.2, 0.25) is 0 Å². The van der Waals surface area contributed by atoms with Crippen molar-refractivity contribution in [1.82, 2.24) is 15.0 Å². The lowest BCUT2D eigenvalue weighted by atomic mass is 10.1. The van der Waals surface area contributed by atoms with Crippen molar-refractivity contribution in [3.63, 3.8) is 0 Å². The first-order valence-corrected chi connectivity index (χ1v) is 6.74. The van der Waals surface area contributed by atoms with E-state index < -0.39 is 0 Å². The molecule has 112 valence electrons. The zero-order chi connectivity index (χ0) is 15.2. The van der Waals surface area contributed by atoms with Gasteiger partial charge < -0.3 is 9.26 Å². The summed E-state index contributed by atoms with van der Waals surface area (Å²) in [5.41, 5.74) is 2.06. The summed E-state index contributed by atoms with van der Waals surface area (Å²) in [5, 5.41) is 4.01. The second-order valence-electron chi connectivity index (χ2n) is 4.89. The number of ether oxygens (including phenoxy) is 1. The van der Waals surface area contributed by atoms with Crippen molar-refractivity contribution in [3.05, 3.63) is 35.7 Å². The summed E-state index contributed by atoms with van der Waals surface area (Å²) in [6.07, 6.45) is 0.339. The molecule has 2 rings (SSSR count). The molecule has 0 saturated carbocycles. The average molecular weight is 289 g/mol. The lowest BCUT2D eigenvalue weighted by Gasteiger charge is -2.12. The number of carbonyl (C=O) groups excluding carboxylic acids is 1. The standard InChI is InChI=1S/C15H19N3O3/c1-11-6-4-5-7-12(11)15-16-13(21-17-15)10-18(2)9-8-14(19)20-3/h4-7H,8-10H2,1-3H3. The number of nitrogens with zero attached hydrogens (tertiary/aromatic N) is 3. The molecule has 0 N–H and O–H groups in total. The van der Waals surface area contributed by atoms with Crippen LogP contribution in [0.4, 0.5) is 0 Å². The SMILES string of the molecule is COC(=O)CCN(C)Cc1nc(-c2ccccc2C)no1. The van der Waals surface area contributed by atoms with E-state index in [1.165, 1.54) is 7.11 Å². The number of aryl methyl sites for hydroxylation is 1. The molecule has 0 spiro atoms. The molecule has 6 nitrogen and oxygen atoms in total. The number of hydrogen-bond acceptors (Lipinski definition) is 6. The predicted molar refractivity (Wildman–Crippen MR) is 77.4 cm³/mol. The van der Waals surface area contributed by atoms with Gasteiger partial charge in [-0.1, -0.05) is 29.4 Å². The minimum absolute atomic E-state index is 0.229. The molecule has 1 aromatic carbocycles. The molecular formula is C15H19N3O3. The Kier molecular flexibility index (Phi) is 5.05. The number of esters is 1. The van der Waals surface area contributed by atoms with Crippen LogP contribution in [0.5, 0.6) is 0 Å². The number of carbonyl (C=O) groups is 1. The Morgan fingerprint density at radius 2 is 2.14 bits per heavy atom. The minimum Gasteiger partial charge on any atom is -0.469 e. The molecule has 0 atom stereocenters. The van der Waals surface area contributed by atoms with E-state index in [4.69, 9.17) is 4.52 Å². The van der Waals surface area contributed by atoms with Gasteiger partial charge in [-0.3, -0.25) is 9.69 Å². The molecule has 0 saturated heterocycles. The fraction of sp³-hybridized carbons (Fsp3) is 0.400. The molecule has 1 aromatic heterocycles. The molecule has 6 heteroatoms. The molecule has 0 fully saturated rings. The van der Waals surface area contributed by atoms with Gasteiger partial charge in [0.15, 0.2) is 0 Å². The van der Waals surface area contributed by atoms with Crippen LogP contribution in [-0.4, -0.2) is 41.7 Å². The Balaban J connectivity index is 1.97. The van der Waals surface area contributed by atoms with E-state index in [2.05, 4.69) is 14.9 Å². The molecule has 2 aromatic rings. The van der Waals surface area contributed by atoms with E-state index in [9.17, 15) is 4.79 Å². The van der Waals surface area contributed by atoms with Crippen LogP contribution in [0, 0.1) is 6.92 Å². The fourth-order valence-electron chi connectivity index (χ4n) is 1.95. The summed E-state index contributed by atoms with van der Waals surface area (Å²) in [6, 6.07) is 7.89. The Bertz CT molecular complexity index is 610. The Hall–Kier alpha value is -2.21. The van der Waals surface area contributed by atoms with Crippen LogP contribution >= 0.6 is 0 Å². The maximum absolute atomic E-state index is 11.1. The van der Waals surface area contributed by atoms with Crippen LogP contribution in [0.15, 0.2) is 28.8 Å². The first kappa shape index (κ1) is 15.2. The molecule has 0 unspecified atom stereocenters. The number of aromatic nitrogens is 2. The van der Waals surface area contributed by atoms with Gasteiger partial charge in [-0.15, -0.1) is 0 Å². The predicted octanol–water partition coefficient (Wildman–Crippen LogP) is 2.04. The van der Waals surface area contributed by atoms with Gasteiger partial charge in [0.25, 0.3) is 0 Å². The highest BCUT2D eigenvalue weighted by Crippen LogP contribution is 2.20. The van der Waals surface area contributed by atoms with Crippen LogP contribution in [0.25, 0.3) is 11.4 Å². The maximum Gasteiger partial charge on any atom is 0.306 e. The molecule has 0 aliphatic rings. The van der Waals surface area contributed by atoms with Crippen molar-refractivity contribution in [1.29, 1.82) is 0 Å². The topological polar surface area (TPSA) is 68.5 Å². The first-order valence-electron chi connectivity index (χ1n) is 6.74. The van der Waals surface area contributed by atoms with Crippen molar-refractivity contribution in [2.75, 3.05) is 20.7 Å². The smallest absolute Gasteiger partial charge is 0.306 e. The monoisotopic (exact) mass is 289 g/mol. The number of methoxy groups -OCH3 is 1. The van der Waals surface area contributed by atoms with Gasteiger partial charge in [-0.2, -0.15) is 4.98 Å². The van der Waals surface area contributed by atoms with Gasteiger partial charge in [0.05, 0.1) is 20.1 Å². The van der Waals surface area contributed by atoms with Gasteiger partial charge in [-0.25, -0.2) is 0 Å². The highest BCUT2D eigenvalue weighted by molar-refractivity contribution is 5.69. The van der Waals surface area contributed by atoms with E-state index in [-0.39, 0.29) is 5.97 Å². The second-order valence-corrected chi connectivity index (χ2v) is 4.89. The van der Waals surface area contributed by atoms with Crippen LogP contribution in [0.1, 0.15) is 17.9 Å².